The van der Waals surface area contributed by atoms with Crippen molar-refractivity contribution in [3.8, 4) is 0 Å². The minimum absolute atomic E-state index is 1.14. The molecule has 0 saturated heterocycles. The normalized spacial score (nSPS) is 16.0. The third-order valence-corrected chi connectivity index (χ3v) is 3.81. The number of hydrogen-bond acceptors (Lipinski definition) is 0. The van der Waals surface area contributed by atoms with Gasteiger partial charge in [-0.2, -0.15) is 0 Å². The fourth-order valence-corrected chi connectivity index (χ4v) is 2.92. The molecule has 0 aromatic heterocycles. The van der Waals surface area contributed by atoms with E-state index in [4.69, 9.17) is 0 Å². The van der Waals surface area contributed by atoms with E-state index < -0.39 is 0 Å². The highest BCUT2D eigenvalue weighted by Crippen LogP contribution is 2.33. The van der Waals surface area contributed by atoms with Gasteiger partial charge in [0, 0.05) is 0 Å². The van der Waals surface area contributed by atoms with Crippen LogP contribution in [0.1, 0.15) is 34.7 Å². The average Bonchev–Trinajstić information content (AvgIpc) is 2.55. The fraction of sp³-hybridized carbons (Fsp3) is 0.222. The highest BCUT2D eigenvalue weighted by molar-refractivity contribution is 5.83. The lowest BCUT2D eigenvalue weighted by molar-refractivity contribution is 0.963. The van der Waals surface area contributed by atoms with E-state index in [1.165, 1.54) is 33.4 Å². The van der Waals surface area contributed by atoms with Crippen LogP contribution in [0.4, 0.5) is 0 Å². The van der Waals surface area contributed by atoms with Gasteiger partial charge in [0.05, 0.1) is 0 Å². The van der Waals surface area contributed by atoms with Crippen molar-refractivity contribution in [2.24, 2.45) is 0 Å². The second-order valence-corrected chi connectivity index (χ2v) is 5.02. The molecular formula is C18H18. The molecule has 90 valence electrons. The molecule has 0 bridgehead atoms. The van der Waals surface area contributed by atoms with Crippen LogP contribution in [0.2, 0.25) is 0 Å². The van der Waals surface area contributed by atoms with Crippen molar-refractivity contribution in [3.05, 3.63) is 76.4 Å². The number of allylic oxidation sites excluding steroid dienone is 1. The van der Waals surface area contributed by atoms with Gasteiger partial charge in [0.2, 0.25) is 0 Å². The standard InChI is InChI=1S/C18H18/c1-3-16-17-7-5-4-6-14(17)9-10-15-12-13(2)8-11-18(15)16/h3-8,11-12H,9-10H2,1-2H3/b16-3+. The Morgan fingerprint density at radius 1 is 0.889 bits per heavy atom. The van der Waals surface area contributed by atoms with E-state index in [0.29, 0.717) is 0 Å². The Bertz CT molecular complexity index is 618. The molecule has 0 heterocycles. The smallest absolute Gasteiger partial charge is 0.0149 e. The van der Waals surface area contributed by atoms with Crippen LogP contribution in [-0.4, -0.2) is 0 Å². The van der Waals surface area contributed by atoms with Crippen molar-refractivity contribution in [2.75, 3.05) is 0 Å². The van der Waals surface area contributed by atoms with Crippen LogP contribution in [0.15, 0.2) is 48.5 Å². The van der Waals surface area contributed by atoms with Gasteiger partial charge in [0.1, 0.15) is 0 Å². The summed E-state index contributed by atoms with van der Waals surface area (Å²) < 4.78 is 0. The Labute approximate surface area is 109 Å². The van der Waals surface area contributed by atoms with Gasteiger partial charge in [0.25, 0.3) is 0 Å². The topological polar surface area (TPSA) is 0 Å². The van der Waals surface area contributed by atoms with Crippen molar-refractivity contribution in [1.82, 2.24) is 0 Å². The molecule has 1 aliphatic rings. The van der Waals surface area contributed by atoms with Crippen molar-refractivity contribution in [3.63, 3.8) is 0 Å². The van der Waals surface area contributed by atoms with E-state index in [-0.39, 0.29) is 0 Å². The summed E-state index contributed by atoms with van der Waals surface area (Å²) in [5, 5.41) is 0. The van der Waals surface area contributed by atoms with E-state index in [0.717, 1.165) is 12.8 Å². The minimum atomic E-state index is 1.14. The molecule has 0 radical (unpaired) electrons. The molecule has 0 aliphatic heterocycles. The molecule has 0 atom stereocenters. The van der Waals surface area contributed by atoms with Crippen molar-refractivity contribution < 1.29 is 0 Å². The summed E-state index contributed by atoms with van der Waals surface area (Å²) in [5.41, 5.74) is 8.52. The molecule has 18 heavy (non-hydrogen) atoms. The van der Waals surface area contributed by atoms with Crippen molar-refractivity contribution in [2.45, 2.75) is 26.7 Å². The summed E-state index contributed by atoms with van der Waals surface area (Å²) in [6.07, 6.45) is 4.54. The molecule has 0 amide bonds. The van der Waals surface area contributed by atoms with Gasteiger partial charge >= 0.3 is 0 Å². The second-order valence-electron chi connectivity index (χ2n) is 5.02. The van der Waals surface area contributed by atoms with Crippen LogP contribution < -0.4 is 0 Å². The van der Waals surface area contributed by atoms with Crippen LogP contribution in [0, 0.1) is 6.92 Å². The molecule has 3 rings (SSSR count). The summed E-state index contributed by atoms with van der Waals surface area (Å²) in [6, 6.07) is 15.6. The maximum absolute atomic E-state index is 2.34. The molecule has 0 saturated carbocycles. The maximum Gasteiger partial charge on any atom is -0.0149 e. The highest BCUT2D eigenvalue weighted by Gasteiger charge is 2.16. The van der Waals surface area contributed by atoms with E-state index >= 15 is 0 Å². The Kier molecular flexibility index (Phi) is 2.79. The van der Waals surface area contributed by atoms with Crippen molar-refractivity contribution in [1.29, 1.82) is 0 Å². The van der Waals surface area contributed by atoms with Crippen LogP contribution in [-0.2, 0) is 12.8 Å². The van der Waals surface area contributed by atoms with Crippen LogP contribution >= 0.6 is 0 Å². The largest absolute Gasteiger partial charge is 0.0792 e. The summed E-state index contributed by atoms with van der Waals surface area (Å²) in [7, 11) is 0. The number of benzene rings is 2. The summed E-state index contributed by atoms with van der Waals surface area (Å²) in [6.45, 7) is 4.31. The summed E-state index contributed by atoms with van der Waals surface area (Å²) in [5.74, 6) is 0. The first-order valence-corrected chi connectivity index (χ1v) is 6.64. The zero-order valence-corrected chi connectivity index (χ0v) is 11.0. The van der Waals surface area contributed by atoms with Gasteiger partial charge < -0.3 is 0 Å². The number of rotatable bonds is 0. The second kappa shape index (κ2) is 4.45. The molecule has 0 unspecified atom stereocenters. The Hall–Kier alpha value is -1.82. The van der Waals surface area contributed by atoms with E-state index in [2.05, 4.69) is 62.4 Å². The van der Waals surface area contributed by atoms with Crippen molar-refractivity contribution >= 4 is 5.57 Å². The molecule has 0 fully saturated rings. The van der Waals surface area contributed by atoms with Gasteiger partial charge in [-0.1, -0.05) is 54.1 Å². The van der Waals surface area contributed by atoms with E-state index in [1.54, 1.807) is 0 Å². The van der Waals surface area contributed by atoms with Crippen LogP contribution in [0.3, 0.4) is 0 Å². The Morgan fingerprint density at radius 2 is 1.61 bits per heavy atom. The van der Waals surface area contributed by atoms with Gasteiger partial charge in [0.15, 0.2) is 0 Å². The zero-order chi connectivity index (χ0) is 12.5. The molecule has 2 aromatic rings. The predicted molar refractivity (Wildman–Crippen MR) is 77.8 cm³/mol. The lowest BCUT2D eigenvalue weighted by Gasteiger charge is -2.11. The SMILES string of the molecule is C/C=C1\c2ccccc2CCc2cc(C)ccc21. The lowest BCUT2D eigenvalue weighted by atomic mass is 9.93. The first-order chi connectivity index (χ1) is 8.79. The average molecular weight is 234 g/mol. The number of fused-ring (bicyclic) bond motifs is 2. The molecule has 1 aliphatic carbocycles. The monoisotopic (exact) mass is 234 g/mol. The van der Waals surface area contributed by atoms with Crippen LogP contribution in [0.5, 0.6) is 0 Å². The first kappa shape index (κ1) is 11.3. The third-order valence-electron chi connectivity index (χ3n) is 3.81. The minimum Gasteiger partial charge on any atom is -0.0792 e. The molecule has 0 N–H and O–H groups in total. The molecule has 0 spiro atoms. The molecular weight excluding hydrogens is 216 g/mol. The number of hydrogen-bond donors (Lipinski definition) is 0. The van der Waals surface area contributed by atoms with Gasteiger partial charge in [-0.25, -0.2) is 0 Å². The lowest BCUT2D eigenvalue weighted by Crippen LogP contribution is -1.92. The van der Waals surface area contributed by atoms with Gasteiger partial charge in [-0.15, -0.1) is 0 Å². The molecule has 0 nitrogen and oxygen atoms in total. The Balaban J connectivity index is 2.25. The Morgan fingerprint density at radius 3 is 2.44 bits per heavy atom. The zero-order valence-electron chi connectivity index (χ0n) is 11.0. The third kappa shape index (κ3) is 1.78. The quantitative estimate of drug-likeness (QED) is 0.627. The predicted octanol–water partition coefficient (Wildman–Crippen LogP) is 4.55. The number of aryl methyl sites for hydroxylation is 3. The van der Waals surface area contributed by atoms with Gasteiger partial charge in [-0.05, 0) is 54.5 Å². The summed E-state index contributed by atoms with van der Waals surface area (Å²) in [4.78, 5) is 0. The highest BCUT2D eigenvalue weighted by atomic mass is 14.2. The van der Waals surface area contributed by atoms with Gasteiger partial charge in [-0.3, -0.25) is 0 Å². The van der Waals surface area contributed by atoms with Crippen LogP contribution in [0.25, 0.3) is 5.57 Å². The first-order valence-electron chi connectivity index (χ1n) is 6.64. The van der Waals surface area contributed by atoms with E-state index in [9.17, 15) is 0 Å². The molecule has 0 heteroatoms. The van der Waals surface area contributed by atoms with E-state index in [1.807, 2.05) is 0 Å². The fourth-order valence-electron chi connectivity index (χ4n) is 2.92. The summed E-state index contributed by atoms with van der Waals surface area (Å²) >= 11 is 0. The molecule has 2 aromatic carbocycles. The maximum atomic E-state index is 2.34.